The van der Waals surface area contributed by atoms with Crippen LogP contribution < -0.4 is 5.73 Å². The van der Waals surface area contributed by atoms with E-state index in [4.69, 9.17) is 10.3 Å². The van der Waals surface area contributed by atoms with Gasteiger partial charge in [0.25, 0.3) is 15.8 Å². The van der Waals surface area contributed by atoms with Crippen LogP contribution in [0.5, 0.6) is 0 Å². The second-order valence-electron chi connectivity index (χ2n) is 3.94. The second kappa shape index (κ2) is 7.51. The summed E-state index contributed by atoms with van der Waals surface area (Å²) in [5, 5.41) is 10.6. The van der Waals surface area contributed by atoms with Gasteiger partial charge in [0.2, 0.25) is 0 Å². The van der Waals surface area contributed by atoms with Crippen LogP contribution >= 0.6 is 0 Å². The molecule has 21 heavy (non-hydrogen) atoms. The van der Waals surface area contributed by atoms with Gasteiger partial charge in [-0.25, -0.2) is 8.42 Å². The van der Waals surface area contributed by atoms with E-state index in [2.05, 4.69) is 0 Å². The number of nitro groups is 1. The number of nitrogens with two attached hydrogens (primary N) is 1. The molecule has 0 aromatic heterocycles. The molecule has 0 unspecified atom stereocenters. The summed E-state index contributed by atoms with van der Waals surface area (Å²) in [5.74, 6) is -1.32. The number of benzene rings is 1. The predicted molar refractivity (Wildman–Crippen MR) is 76.3 cm³/mol. The van der Waals surface area contributed by atoms with Crippen molar-refractivity contribution in [2.75, 3.05) is 17.2 Å². The van der Waals surface area contributed by atoms with Crippen molar-refractivity contribution in [3.8, 4) is 0 Å². The Labute approximate surface area is 143 Å². The standard InChI is InChI=1S/C9H12N2O7S2.Na/c10-8-3-2-7(11(12)13)6-9(8)19(14,15)4-1-5-20(16,17)18;/h2-3,6H,1,4-5,10H2,(H,16,17,18);. The number of nitrogens with zero attached hydrogens (tertiary/aromatic N) is 1. The van der Waals surface area contributed by atoms with Crippen LogP contribution in [0, 0.1) is 10.1 Å². The summed E-state index contributed by atoms with van der Waals surface area (Å²) in [6.45, 7) is 0. The maximum Gasteiger partial charge on any atom is 0.270 e. The minimum absolute atomic E-state index is 0. The molecule has 3 N–H and O–H groups in total. The van der Waals surface area contributed by atoms with Crippen LogP contribution in [0.25, 0.3) is 0 Å². The molecule has 0 saturated carbocycles. The molecule has 0 amide bonds. The van der Waals surface area contributed by atoms with Gasteiger partial charge in [0.1, 0.15) is 0 Å². The van der Waals surface area contributed by atoms with Gasteiger partial charge in [0.05, 0.1) is 27.0 Å². The first-order valence-corrected chi connectivity index (χ1v) is 8.51. The van der Waals surface area contributed by atoms with Crippen LogP contribution in [-0.4, -0.2) is 67.4 Å². The normalized spacial score (nSPS) is 11.7. The molecule has 0 bridgehead atoms. The molecule has 0 aliphatic heterocycles. The van der Waals surface area contributed by atoms with Gasteiger partial charge in [-0.2, -0.15) is 8.42 Å². The van der Waals surface area contributed by atoms with Crippen LogP contribution in [0.4, 0.5) is 11.4 Å². The fourth-order valence-electron chi connectivity index (χ4n) is 1.45. The van der Waals surface area contributed by atoms with Gasteiger partial charge in [-0.3, -0.25) is 14.7 Å². The van der Waals surface area contributed by atoms with Gasteiger partial charge in [-0.1, -0.05) is 0 Å². The third kappa shape index (κ3) is 6.28. The molecule has 113 valence electrons. The number of nitrogen functional groups attached to an aromatic ring is 1. The van der Waals surface area contributed by atoms with Gasteiger partial charge in [0, 0.05) is 41.7 Å². The molecule has 0 atom stereocenters. The first-order valence-electron chi connectivity index (χ1n) is 5.25. The molecule has 1 aromatic rings. The number of anilines is 1. The molecule has 12 heteroatoms. The van der Waals surface area contributed by atoms with Crippen molar-refractivity contribution in [3.63, 3.8) is 0 Å². The molecule has 0 heterocycles. The van der Waals surface area contributed by atoms with Crippen molar-refractivity contribution in [1.82, 2.24) is 0 Å². The Bertz CT molecular complexity index is 730. The van der Waals surface area contributed by atoms with E-state index < -0.39 is 47.0 Å². The van der Waals surface area contributed by atoms with E-state index in [1.165, 1.54) is 0 Å². The summed E-state index contributed by atoms with van der Waals surface area (Å²) >= 11 is 0. The third-order valence-corrected chi connectivity index (χ3v) is 5.01. The quantitative estimate of drug-likeness (QED) is 0.236. The van der Waals surface area contributed by atoms with Crippen molar-refractivity contribution < 1.29 is 26.3 Å². The summed E-state index contributed by atoms with van der Waals surface area (Å²) in [5.41, 5.74) is 4.86. The van der Waals surface area contributed by atoms with E-state index in [-0.39, 0.29) is 41.7 Å². The molecule has 0 saturated heterocycles. The van der Waals surface area contributed by atoms with Gasteiger partial charge in [0.15, 0.2) is 9.84 Å². The van der Waals surface area contributed by atoms with Crippen molar-refractivity contribution in [3.05, 3.63) is 28.3 Å². The number of non-ortho nitro benzene ring substituents is 1. The predicted octanol–water partition coefficient (Wildman–Crippen LogP) is -0.152. The fraction of sp³-hybridized carbons (Fsp3) is 0.333. The number of hydrogen-bond acceptors (Lipinski definition) is 7. The molecule has 1 rings (SSSR count). The zero-order valence-corrected chi connectivity index (χ0v) is 14.7. The Hall–Kier alpha value is -0.720. The number of nitro benzene ring substituents is 1. The topological polar surface area (TPSA) is 158 Å². The van der Waals surface area contributed by atoms with E-state index in [9.17, 15) is 26.9 Å². The average molecular weight is 347 g/mol. The van der Waals surface area contributed by atoms with Crippen molar-refractivity contribution in [2.24, 2.45) is 0 Å². The molecular weight excluding hydrogens is 335 g/mol. The summed E-state index contributed by atoms with van der Waals surface area (Å²) in [6, 6.07) is 2.97. The fourth-order valence-corrected chi connectivity index (χ4v) is 3.61. The van der Waals surface area contributed by atoms with E-state index in [1.54, 1.807) is 0 Å². The van der Waals surface area contributed by atoms with Gasteiger partial charge >= 0.3 is 0 Å². The largest absolute Gasteiger partial charge is 0.398 e. The summed E-state index contributed by atoms with van der Waals surface area (Å²) in [7, 11) is -8.24. The minimum Gasteiger partial charge on any atom is -0.398 e. The van der Waals surface area contributed by atoms with Crippen LogP contribution in [0.1, 0.15) is 6.42 Å². The second-order valence-corrected chi connectivity index (χ2v) is 7.59. The van der Waals surface area contributed by atoms with Crippen molar-refractivity contribution in [1.29, 1.82) is 0 Å². The molecule has 1 aromatic carbocycles. The molecule has 0 fully saturated rings. The zero-order chi connectivity index (χ0) is 15.6. The number of hydrogen-bond donors (Lipinski definition) is 2. The Balaban J connectivity index is 0.00000400. The molecule has 0 aliphatic rings. The minimum atomic E-state index is -4.26. The van der Waals surface area contributed by atoms with E-state index in [0.29, 0.717) is 0 Å². The molecule has 0 aliphatic carbocycles. The summed E-state index contributed by atoms with van der Waals surface area (Å²) in [4.78, 5) is 9.40. The summed E-state index contributed by atoms with van der Waals surface area (Å²) in [6.07, 6.45) is -0.344. The molecule has 0 spiro atoms. The van der Waals surface area contributed by atoms with Crippen LogP contribution in [0.15, 0.2) is 23.1 Å². The average Bonchev–Trinajstić information content (AvgIpc) is 2.26. The van der Waals surface area contributed by atoms with Crippen molar-refractivity contribution in [2.45, 2.75) is 11.3 Å². The SMILES string of the molecule is Nc1ccc([N+](=O)[O-])cc1S(=O)(=O)CCCS(=O)(=O)O.[Na]. The third-order valence-electron chi connectivity index (χ3n) is 2.36. The van der Waals surface area contributed by atoms with Gasteiger partial charge in [-0.15, -0.1) is 0 Å². The smallest absolute Gasteiger partial charge is 0.270 e. The monoisotopic (exact) mass is 347 g/mol. The van der Waals surface area contributed by atoms with Crippen LogP contribution in [0.2, 0.25) is 0 Å². The maximum absolute atomic E-state index is 11.9. The first kappa shape index (κ1) is 20.3. The van der Waals surface area contributed by atoms with E-state index in [1.807, 2.05) is 0 Å². The van der Waals surface area contributed by atoms with Crippen LogP contribution in [-0.2, 0) is 20.0 Å². The number of rotatable bonds is 6. The zero-order valence-electron chi connectivity index (χ0n) is 11.1. The Morgan fingerprint density at radius 2 is 1.76 bits per heavy atom. The Kier molecular flexibility index (Phi) is 7.26. The Morgan fingerprint density at radius 1 is 1.19 bits per heavy atom. The van der Waals surface area contributed by atoms with E-state index in [0.717, 1.165) is 18.2 Å². The number of sulfone groups is 1. The van der Waals surface area contributed by atoms with E-state index >= 15 is 0 Å². The van der Waals surface area contributed by atoms with Gasteiger partial charge < -0.3 is 5.73 Å². The molecule has 1 radical (unpaired) electrons. The molecule has 9 nitrogen and oxygen atoms in total. The maximum atomic E-state index is 11.9. The van der Waals surface area contributed by atoms with Crippen LogP contribution in [0.3, 0.4) is 0 Å². The van der Waals surface area contributed by atoms with Crippen molar-refractivity contribution >= 4 is 60.9 Å². The Morgan fingerprint density at radius 3 is 2.24 bits per heavy atom. The van der Waals surface area contributed by atoms with Gasteiger partial charge in [-0.05, 0) is 12.5 Å². The molecular formula is C9H12N2NaO7S2. The summed E-state index contributed by atoms with van der Waals surface area (Å²) < 4.78 is 53.4. The first-order chi connectivity index (χ1) is 9.03.